The van der Waals surface area contributed by atoms with Crippen molar-refractivity contribution in [1.82, 2.24) is 9.97 Å². The zero-order chi connectivity index (χ0) is 14.8. The first-order valence-electron chi connectivity index (χ1n) is 6.47. The molecule has 0 aliphatic carbocycles. The minimum Gasteiger partial charge on any atom is -0.340 e. The van der Waals surface area contributed by atoms with E-state index in [-0.39, 0.29) is 5.91 Å². The molecular formula is C15H14N4OS. The number of hydrogen-bond donors (Lipinski definition) is 2. The van der Waals surface area contributed by atoms with Crippen molar-refractivity contribution in [3.8, 4) is 0 Å². The summed E-state index contributed by atoms with van der Waals surface area (Å²) in [6.07, 6.45) is 1.55. The van der Waals surface area contributed by atoms with E-state index in [1.165, 1.54) is 11.8 Å². The van der Waals surface area contributed by atoms with Gasteiger partial charge in [-0.3, -0.25) is 4.79 Å². The Kier molecular flexibility index (Phi) is 3.53. The number of hydrogen-bond acceptors (Lipinski definition) is 5. The van der Waals surface area contributed by atoms with Crippen molar-refractivity contribution in [3.05, 3.63) is 41.5 Å². The molecule has 0 fully saturated rings. The quantitative estimate of drug-likeness (QED) is 0.773. The number of fused-ring (bicyclic) bond motifs is 1. The molecule has 0 aliphatic heterocycles. The molecule has 106 valence electrons. The van der Waals surface area contributed by atoms with Crippen molar-refractivity contribution in [2.75, 3.05) is 10.6 Å². The fourth-order valence-electron chi connectivity index (χ4n) is 2.09. The van der Waals surface area contributed by atoms with Crippen LogP contribution in [0.3, 0.4) is 0 Å². The first-order chi connectivity index (χ1) is 10.1. The monoisotopic (exact) mass is 298 g/mol. The maximum atomic E-state index is 11.1. The highest BCUT2D eigenvalue weighted by Crippen LogP contribution is 2.29. The Morgan fingerprint density at radius 3 is 2.81 bits per heavy atom. The second kappa shape index (κ2) is 5.49. The number of anilines is 3. The SMILES string of the molecule is CC(=O)Nc1cccc(Nc2ncnc3sc(C)cc23)c1. The van der Waals surface area contributed by atoms with Crippen molar-refractivity contribution < 1.29 is 4.79 Å². The molecule has 0 spiro atoms. The van der Waals surface area contributed by atoms with Gasteiger partial charge in [0.25, 0.3) is 0 Å². The van der Waals surface area contributed by atoms with Crippen LogP contribution < -0.4 is 10.6 Å². The zero-order valence-corrected chi connectivity index (χ0v) is 12.5. The molecule has 3 rings (SSSR count). The van der Waals surface area contributed by atoms with Crippen LogP contribution in [0.25, 0.3) is 10.2 Å². The molecule has 0 bridgehead atoms. The molecule has 2 aromatic heterocycles. The number of carbonyl (C=O) groups is 1. The number of aromatic nitrogens is 2. The summed E-state index contributed by atoms with van der Waals surface area (Å²) in [6.45, 7) is 3.54. The van der Waals surface area contributed by atoms with Crippen LogP contribution in [0.5, 0.6) is 0 Å². The molecule has 0 unspecified atom stereocenters. The van der Waals surface area contributed by atoms with Gasteiger partial charge in [-0.15, -0.1) is 11.3 Å². The second-order valence-electron chi connectivity index (χ2n) is 4.69. The zero-order valence-electron chi connectivity index (χ0n) is 11.7. The molecule has 3 aromatic rings. The van der Waals surface area contributed by atoms with Crippen molar-refractivity contribution in [2.45, 2.75) is 13.8 Å². The van der Waals surface area contributed by atoms with E-state index in [2.05, 4.69) is 26.7 Å². The van der Waals surface area contributed by atoms with E-state index in [0.717, 1.165) is 27.4 Å². The second-order valence-corrected chi connectivity index (χ2v) is 5.92. The third kappa shape index (κ3) is 3.00. The average Bonchev–Trinajstić information content (AvgIpc) is 2.80. The molecule has 0 atom stereocenters. The first kappa shape index (κ1) is 13.5. The third-order valence-electron chi connectivity index (χ3n) is 2.90. The van der Waals surface area contributed by atoms with Gasteiger partial charge in [0.05, 0.1) is 5.39 Å². The maximum absolute atomic E-state index is 11.1. The molecule has 21 heavy (non-hydrogen) atoms. The summed E-state index contributed by atoms with van der Waals surface area (Å²) in [6, 6.07) is 9.59. The van der Waals surface area contributed by atoms with Crippen LogP contribution in [0.1, 0.15) is 11.8 Å². The molecule has 2 N–H and O–H groups in total. The van der Waals surface area contributed by atoms with Crippen LogP contribution in [0.4, 0.5) is 17.2 Å². The Bertz CT molecular complexity index is 812. The largest absolute Gasteiger partial charge is 0.340 e. The van der Waals surface area contributed by atoms with E-state index in [9.17, 15) is 4.79 Å². The van der Waals surface area contributed by atoms with Crippen LogP contribution in [0.2, 0.25) is 0 Å². The van der Waals surface area contributed by atoms with Crippen LogP contribution in [0.15, 0.2) is 36.7 Å². The molecule has 0 radical (unpaired) electrons. The lowest BCUT2D eigenvalue weighted by Crippen LogP contribution is -2.05. The lowest BCUT2D eigenvalue weighted by Gasteiger charge is -2.08. The average molecular weight is 298 g/mol. The smallest absolute Gasteiger partial charge is 0.221 e. The van der Waals surface area contributed by atoms with Crippen LogP contribution >= 0.6 is 11.3 Å². The Morgan fingerprint density at radius 2 is 2.00 bits per heavy atom. The predicted octanol–water partition coefficient (Wildman–Crippen LogP) is 3.70. The fraction of sp³-hybridized carbons (Fsp3) is 0.133. The highest BCUT2D eigenvalue weighted by molar-refractivity contribution is 7.18. The Balaban J connectivity index is 1.93. The van der Waals surface area contributed by atoms with Gasteiger partial charge in [0.2, 0.25) is 5.91 Å². The van der Waals surface area contributed by atoms with Crippen LogP contribution in [-0.4, -0.2) is 15.9 Å². The number of amides is 1. The summed E-state index contributed by atoms with van der Waals surface area (Å²) in [5.41, 5.74) is 1.62. The number of carbonyl (C=O) groups excluding carboxylic acids is 1. The number of aryl methyl sites for hydroxylation is 1. The number of nitrogens with one attached hydrogen (secondary N) is 2. The van der Waals surface area contributed by atoms with E-state index in [4.69, 9.17) is 0 Å². The number of benzene rings is 1. The molecular weight excluding hydrogens is 284 g/mol. The predicted molar refractivity (Wildman–Crippen MR) is 86.2 cm³/mol. The van der Waals surface area contributed by atoms with Crippen molar-refractivity contribution in [2.24, 2.45) is 0 Å². The highest BCUT2D eigenvalue weighted by atomic mass is 32.1. The molecule has 1 aromatic carbocycles. The van der Waals surface area contributed by atoms with Crippen molar-refractivity contribution in [1.29, 1.82) is 0 Å². The van der Waals surface area contributed by atoms with E-state index in [0.29, 0.717) is 0 Å². The van der Waals surface area contributed by atoms with Gasteiger partial charge in [0, 0.05) is 23.2 Å². The standard InChI is InChI=1S/C15H14N4OS/c1-9-6-13-14(16-8-17-15(13)21-9)19-12-5-3-4-11(7-12)18-10(2)20/h3-8H,1-2H3,(H,18,20)(H,16,17,19). The van der Waals surface area contributed by atoms with Gasteiger partial charge in [0.15, 0.2) is 0 Å². The number of nitrogens with zero attached hydrogens (tertiary/aromatic N) is 2. The van der Waals surface area contributed by atoms with E-state index < -0.39 is 0 Å². The normalized spacial score (nSPS) is 10.6. The number of thiophene rings is 1. The summed E-state index contributed by atoms with van der Waals surface area (Å²) in [4.78, 5) is 21.8. The Hall–Kier alpha value is -2.47. The van der Waals surface area contributed by atoms with Crippen molar-refractivity contribution in [3.63, 3.8) is 0 Å². The van der Waals surface area contributed by atoms with Gasteiger partial charge in [-0.2, -0.15) is 0 Å². The Labute approximate surface area is 126 Å². The van der Waals surface area contributed by atoms with E-state index >= 15 is 0 Å². The molecule has 1 amide bonds. The topological polar surface area (TPSA) is 66.9 Å². The molecule has 0 saturated heterocycles. The summed E-state index contributed by atoms with van der Waals surface area (Å²) < 4.78 is 0. The highest BCUT2D eigenvalue weighted by Gasteiger charge is 2.07. The minimum absolute atomic E-state index is 0.0926. The van der Waals surface area contributed by atoms with E-state index in [1.54, 1.807) is 17.7 Å². The van der Waals surface area contributed by atoms with Crippen molar-refractivity contribution >= 4 is 44.7 Å². The minimum atomic E-state index is -0.0926. The lowest BCUT2D eigenvalue weighted by molar-refractivity contribution is -0.114. The van der Waals surface area contributed by atoms with E-state index in [1.807, 2.05) is 31.2 Å². The summed E-state index contributed by atoms with van der Waals surface area (Å²) in [7, 11) is 0. The van der Waals surface area contributed by atoms with Crippen LogP contribution in [0, 0.1) is 6.92 Å². The number of rotatable bonds is 3. The molecule has 2 heterocycles. The summed E-state index contributed by atoms with van der Waals surface area (Å²) in [5.74, 6) is 0.675. The molecule has 0 saturated carbocycles. The summed E-state index contributed by atoms with van der Waals surface area (Å²) >= 11 is 1.64. The third-order valence-corrected chi connectivity index (χ3v) is 3.86. The summed E-state index contributed by atoms with van der Waals surface area (Å²) in [5, 5.41) is 7.05. The van der Waals surface area contributed by atoms with Gasteiger partial charge < -0.3 is 10.6 Å². The lowest BCUT2D eigenvalue weighted by atomic mass is 10.2. The van der Waals surface area contributed by atoms with Crippen LogP contribution in [-0.2, 0) is 4.79 Å². The van der Waals surface area contributed by atoms with Gasteiger partial charge in [-0.25, -0.2) is 9.97 Å². The van der Waals surface area contributed by atoms with Gasteiger partial charge >= 0.3 is 0 Å². The molecule has 5 nitrogen and oxygen atoms in total. The van der Waals surface area contributed by atoms with Gasteiger partial charge in [0.1, 0.15) is 17.0 Å². The maximum Gasteiger partial charge on any atom is 0.221 e. The first-order valence-corrected chi connectivity index (χ1v) is 7.29. The fourth-order valence-corrected chi connectivity index (χ4v) is 2.94. The Morgan fingerprint density at radius 1 is 1.19 bits per heavy atom. The molecule has 6 heteroatoms. The molecule has 0 aliphatic rings. The van der Waals surface area contributed by atoms with Gasteiger partial charge in [-0.05, 0) is 31.2 Å². The van der Waals surface area contributed by atoms with Gasteiger partial charge in [-0.1, -0.05) is 6.07 Å².